The summed E-state index contributed by atoms with van der Waals surface area (Å²) in [6.07, 6.45) is 1.18. The van der Waals surface area contributed by atoms with Crippen LogP contribution < -0.4 is 15.5 Å². The molecule has 1 aliphatic heterocycles. The number of fused-ring (bicyclic) bond motifs is 1. The van der Waals surface area contributed by atoms with E-state index in [9.17, 15) is 9.59 Å². The Morgan fingerprint density at radius 1 is 0.909 bits per heavy atom. The maximum atomic E-state index is 13.8. The summed E-state index contributed by atoms with van der Waals surface area (Å²) < 4.78 is 0. The van der Waals surface area contributed by atoms with Gasteiger partial charge in [0.15, 0.2) is 5.78 Å². The van der Waals surface area contributed by atoms with Gasteiger partial charge in [0.05, 0.1) is 17.4 Å². The summed E-state index contributed by atoms with van der Waals surface area (Å²) in [6.45, 7) is 4.23. The normalized spacial score (nSPS) is 19.2. The molecular formula is C28H27N3O2. The summed E-state index contributed by atoms with van der Waals surface area (Å²) in [7, 11) is 0. The molecule has 0 aromatic heterocycles. The van der Waals surface area contributed by atoms with Crippen LogP contribution in [0.4, 0.5) is 21.9 Å². The number of hydrogen-bond donors (Lipinski definition) is 2. The van der Waals surface area contributed by atoms with Gasteiger partial charge in [-0.2, -0.15) is 0 Å². The molecule has 0 saturated heterocycles. The topological polar surface area (TPSA) is 61.4 Å². The standard InChI is InChI=1S/C28H27N3O2/c1-28(2)17-22-25(24(32)18-28)26(19-11-5-3-6-12-19)31(23-16-10-9-15-21(23)30-22)27(33)29-20-13-7-4-8-14-20/h3-16,26,30H,17-18H2,1-2H3,(H,29,33). The number of nitrogens with zero attached hydrogens (tertiary/aromatic N) is 1. The molecular weight excluding hydrogens is 410 g/mol. The van der Waals surface area contributed by atoms with E-state index < -0.39 is 6.04 Å². The number of ketones is 1. The van der Waals surface area contributed by atoms with Gasteiger partial charge in [0.1, 0.15) is 0 Å². The molecule has 0 spiro atoms. The molecule has 1 unspecified atom stereocenters. The molecule has 1 heterocycles. The Morgan fingerprint density at radius 3 is 2.27 bits per heavy atom. The number of anilines is 3. The second kappa shape index (κ2) is 8.24. The highest BCUT2D eigenvalue weighted by molar-refractivity contribution is 6.09. The molecule has 5 rings (SSSR count). The van der Waals surface area contributed by atoms with Gasteiger partial charge >= 0.3 is 6.03 Å². The summed E-state index contributed by atoms with van der Waals surface area (Å²) in [5.41, 5.74) is 4.57. The van der Waals surface area contributed by atoms with Crippen LogP contribution in [0.3, 0.4) is 0 Å². The lowest BCUT2D eigenvalue weighted by atomic mass is 9.73. The maximum absolute atomic E-state index is 13.8. The van der Waals surface area contributed by atoms with E-state index in [1.807, 2.05) is 84.9 Å². The highest BCUT2D eigenvalue weighted by Crippen LogP contribution is 2.48. The minimum absolute atomic E-state index is 0.0768. The van der Waals surface area contributed by atoms with Gasteiger partial charge in [-0.1, -0.05) is 74.5 Å². The van der Waals surface area contributed by atoms with Crippen molar-refractivity contribution in [3.05, 3.63) is 102 Å². The lowest BCUT2D eigenvalue weighted by Gasteiger charge is -2.37. The molecule has 2 amide bonds. The fraction of sp³-hybridized carbons (Fsp3) is 0.214. The first kappa shape index (κ1) is 21.0. The summed E-state index contributed by atoms with van der Waals surface area (Å²) in [4.78, 5) is 29.2. The second-order valence-electron chi connectivity index (χ2n) is 9.45. The summed E-state index contributed by atoms with van der Waals surface area (Å²) >= 11 is 0. The monoisotopic (exact) mass is 437 g/mol. The Balaban J connectivity index is 1.71. The summed E-state index contributed by atoms with van der Waals surface area (Å²) in [5.74, 6) is 0.0768. The van der Waals surface area contributed by atoms with E-state index in [4.69, 9.17) is 0 Å². The first-order valence-electron chi connectivity index (χ1n) is 11.3. The fourth-order valence-electron chi connectivity index (χ4n) is 4.87. The average molecular weight is 438 g/mol. The number of rotatable bonds is 2. The number of amides is 2. The number of carbonyl (C=O) groups excluding carboxylic acids is 2. The second-order valence-corrected chi connectivity index (χ2v) is 9.45. The van der Waals surface area contributed by atoms with Crippen molar-refractivity contribution in [1.82, 2.24) is 0 Å². The van der Waals surface area contributed by atoms with Crippen molar-refractivity contribution in [3.8, 4) is 0 Å². The Kier molecular flexibility index (Phi) is 5.25. The summed E-state index contributed by atoms with van der Waals surface area (Å²) in [6, 6.07) is 26.1. The van der Waals surface area contributed by atoms with Crippen molar-refractivity contribution in [2.45, 2.75) is 32.7 Å². The fourth-order valence-corrected chi connectivity index (χ4v) is 4.87. The van der Waals surface area contributed by atoms with Crippen molar-refractivity contribution in [2.24, 2.45) is 5.41 Å². The van der Waals surface area contributed by atoms with Crippen LogP contribution in [-0.2, 0) is 4.79 Å². The van der Waals surface area contributed by atoms with Crippen LogP contribution in [-0.4, -0.2) is 11.8 Å². The van der Waals surface area contributed by atoms with Gasteiger partial charge < -0.3 is 10.6 Å². The van der Waals surface area contributed by atoms with Crippen molar-refractivity contribution in [3.63, 3.8) is 0 Å². The van der Waals surface area contributed by atoms with E-state index >= 15 is 0 Å². The van der Waals surface area contributed by atoms with E-state index in [0.717, 1.165) is 29.1 Å². The number of urea groups is 1. The van der Waals surface area contributed by atoms with Crippen LogP contribution in [0.2, 0.25) is 0 Å². The van der Waals surface area contributed by atoms with Crippen LogP contribution in [0.25, 0.3) is 0 Å². The van der Waals surface area contributed by atoms with E-state index in [2.05, 4.69) is 24.5 Å². The molecule has 2 N–H and O–H groups in total. The van der Waals surface area contributed by atoms with Gasteiger partial charge in [0, 0.05) is 23.4 Å². The predicted molar refractivity (Wildman–Crippen MR) is 132 cm³/mol. The largest absolute Gasteiger partial charge is 0.357 e. The number of carbonyl (C=O) groups is 2. The third-order valence-corrected chi connectivity index (χ3v) is 6.26. The zero-order valence-corrected chi connectivity index (χ0v) is 18.8. The van der Waals surface area contributed by atoms with Crippen molar-refractivity contribution < 1.29 is 9.59 Å². The van der Waals surface area contributed by atoms with E-state index in [0.29, 0.717) is 17.7 Å². The van der Waals surface area contributed by atoms with Crippen LogP contribution >= 0.6 is 0 Å². The van der Waals surface area contributed by atoms with Crippen LogP contribution in [0.15, 0.2) is 96.2 Å². The Labute approximate surface area is 194 Å². The molecule has 0 fully saturated rings. The van der Waals surface area contributed by atoms with Crippen molar-refractivity contribution in [1.29, 1.82) is 0 Å². The first-order chi connectivity index (χ1) is 15.9. The minimum Gasteiger partial charge on any atom is -0.357 e. The summed E-state index contributed by atoms with van der Waals surface area (Å²) in [5, 5.41) is 6.57. The average Bonchev–Trinajstić information content (AvgIpc) is 2.94. The minimum atomic E-state index is -0.537. The van der Waals surface area contributed by atoms with E-state index in [-0.39, 0.29) is 17.2 Å². The highest BCUT2D eigenvalue weighted by Gasteiger charge is 2.43. The Hall–Kier alpha value is -3.86. The van der Waals surface area contributed by atoms with E-state index in [1.54, 1.807) is 4.90 Å². The smallest absolute Gasteiger partial charge is 0.327 e. The molecule has 1 aliphatic carbocycles. The highest BCUT2D eigenvalue weighted by atomic mass is 16.2. The van der Waals surface area contributed by atoms with Crippen LogP contribution in [0, 0.1) is 5.41 Å². The molecule has 166 valence electrons. The van der Waals surface area contributed by atoms with E-state index in [1.165, 1.54) is 0 Å². The Bertz CT molecular complexity index is 1230. The lowest BCUT2D eigenvalue weighted by molar-refractivity contribution is -0.118. The number of nitrogens with one attached hydrogen (secondary N) is 2. The third kappa shape index (κ3) is 4.02. The predicted octanol–water partition coefficient (Wildman–Crippen LogP) is 6.54. The zero-order valence-electron chi connectivity index (χ0n) is 18.8. The number of hydrogen-bond acceptors (Lipinski definition) is 3. The molecule has 0 bridgehead atoms. The van der Waals surface area contributed by atoms with Gasteiger partial charge in [0.2, 0.25) is 0 Å². The molecule has 2 aliphatic rings. The van der Waals surface area contributed by atoms with Crippen molar-refractivity contribution >= 4 is 28.9 Å². The zero-order chi connectivity index (χ0) is 23.0. The molecule has 3 aromatic rings. The lowest BCUT2D eigenvalue weighted by Crippen LogP contribution is -2.41. The third-order valence-electron chi connectivity index (χ3n) is 6.26. The molecule has 5 nitrogen and oxygen atoms in total. The van der Waals surface area contributed by atoms with Crippen LogP contribution in [0.5, 0.6) is 0 Å². The number of para-hydroxylation sites is 3. The van der Waals surface area contributed by atoms with Gasteiger partial charge in [-0.05, 0) is 41.7 Å². The van der Waals surface area contributed by atoms with Gasteiger partial charge in [0.25, 0.3) is 0 Å². The molecule has 5 heteroatoms. The number of allylic oxidation sites excluding steroid dienone is 1. The molecule has 0 radical (unpaired) electrons. The first-order valence-corrected chi connectivity index (χ1v) is 11.3. The molecule has 3 aromatic carbocycles. The molecule has 1 atom stereocenters. The molecule has 0 saturated carbocycles. The maximum Gasteiger partial charge on any atom is 0.327 e. The number of Topliss-reactive ketones (excluding diaryl/α,β-unsaturated/α-hetero) is 1. The van der Waals surface area contributed by atoms with Crippen molar-refractivity contribution in [2.75, 3.05) is 15.5 Å². The Morgan fingerprint density at radius 2 is 1.55 bits per heavy atom. The van der Waals surface area contributed by atoms with Crippen LogP contribution in [0.1, 0.15) is 38.3 Å². The molecule has 33 heavy (non-hydrogen) atoms. The van der Waals surface area contributed by atoms with Gasteiger partial charge in [-0.25, -0.2) is 4.79 Å². The SMILES string of the molecule is CC1(C)CC(=O)C2=C(C1)Nc1ccccc1N(C(=O)Nc1ccccc1)C2c1ccccc1. The number of benzene rings is 3. The quantitative estimate of drug-likeness (QED) is 0.479. The van der Waals surface area contributed by atoms with Gasteiger partial charge in [-0.3, -0.25) is 9.69 Å². The van der Waals surface area contributed by atoms with Gasteiger partial charge in [-0.15, -0.1) is 0 Å².